The van der Waals surface area contributed by atoms with Crippen molar-refractivity contribution in [1.82, 2.24) is 0 Å². The van der Waals surface area contributed by atoms with Crippen molar-refractivity contribution in [2.24, 2.45) is 0 Å². The van der Waals surface area contributed by atoms with Crippen LogP contribution in [0.1, 0.15) is 16.1 Å². The molecule has 1 heterocycles. The molecule has 0 N–H and O–H groups in total. The SMILES string of the molecule is COC(=O)c1ccccc1N(C)Cc1ccc([N+](=O)[O-])o1. The minimum absolute atomic E-state index is 0.293. The van der Waals surface area contributed by atoms with Crippen molar-refractivity contribution < 1.29 is 18.9 Å². The number of benzene rings is 1. The molecule has 110 valence electrons. The van der Waals surface area contributed by atoms with Crippen molar-refractivity contribution in [2.45, 2.75) is 6.54 Å². The Labute approximate surface area is 120 Å². The number of carbonyl (C=O) groups excluding carboxylic acids is 1. The summed E-state index contributed by atoms with van der Waals surface area (Å²) in [5, 5.41) is 10.6. The van der Waals surface area contributed by atoms with Gasteiger partial charge in [-0.05, 0) is 18.2 Å². The summed E-state index contributed by atoms with van der Waals surface area (Å²) in [6.07, 6.45) is 0. The Balaban J connectivity index is 2.21. The number of rotatable bonds is 5. The summed E-state index contributed by atoms with van der Waals surface area (Å²) in [5.41, 5.74) is 1.08. The minimum Gasteiger partial charge on any atom is -0.465 e. The lowest BCUT2D eigenvalue weighted by molar-refractivity contribution is -0.402. The Kier molecular flexibility index (Phi) is 4.22. The summed E-state index contributed by atoms with van der Waals surface area (Å²) in [7, 11) is 3.07. The fourth-order valence-electron chi connectivity index (χ4n) is 1.96. The normalized spacial score (nSPS) is 10.2. The molecule has 2 rings (SSSR count). The lowest BCUT2D eigenvalue weighted by atomic mass is 10.1. The number of methoxy groups -OCH3 is 1. The van der Waals surface area contributed by atoms with E-state index >= 15 is 0 Å². The number of ether oxygens (including phenoxy) is 1. The van der Waals surface area contributed by atoms with E-state index in [2.05, 4.69) is 0 Å². The van der Waals surface area contributed by atoms with E-state index in [1.807, 2.05) is 0 Å². The molecule has 1 aromatic heterocycles. The third kappa shape index (κ3) is 3.19. The molecule has 2 aromatic rings. The van der Waals surface area contributed by atoms with Crippen LogP contribution in [0, 0.1) is 10.1 Å². The van der Waals surface area contributed by atoms with Gasteiger partial charge in [0.05, 0.1) is 31.0 Å². The molecule has 7 heteroatoms. The summed E-state index contributed by atoms with van der Waals surface area (Å²) >= 11 is 0. The second kappa shape index (κ2) is 6.08. The van der Waals surface area contributed by atoms with Gasteiger partial charge >= 0.3 is 11.9 Å². The van der Waals surface area contributed by atoms with Crippen LogP contribution < -0.4 is 4.90 Å². The summed E-state index contributed by atoms with van der Waals surface area (Å²) < 4.78 is 9.84. The molecule has 0 unspecified atom stereocenters. The fraction of sp³-hybridized carbons (Fsp3) is 0.214. The maximum Gasteiger partial charge on any atom is 0.433 e. The molecule has 0 fully saturated rings. The molecule has 0 amide bonds. The molecule has 0 aliphatic rings. The quantitative estimate of drug-likeness (QED) is 0.478. The second-order valence-corrected chi connectivity index (χ2v) is 4.36. The van der Waals surface area contributed by atoms with E-state index in [1.54, 1.807) is 36.2 Å². The predicted molar refractivity (Wildman–Crippen MR) is 75.3 cm³/mol. The molecule has 0 spiro atoms. The Morgan fingerprint density at radius 1 is 1.33 bits per heavy atom. The van der Waals surface area contributed by atoms with Gasteiger partial charge in [-0.15, -0.1) is 0 Å². The largest absolute Gasteiger partial charge is 0.465 e. The van der Waals surface area contributed by atoms with Crippen molar-refractivity contribution >= 4 is 17.5 Å². The third-order valence-electron chi connectivity index (χ3n) is 2.94. The van der Waals surface area contributed by atoms with E-state index in [1.165, 1.54) is 19.2 Å². The van der Waals surface area contributed by atoms with E-state index in [-0.39, 0.29) is 5.88 Å². The van der Waals surface area contributed by atoms with Crippen LogP contribution in [0.15, 0.2) is 40.8 Å². The highest BCUT2D eigenvalue weighted by atomic mass is 16.6. The standard InChI is InChI=1S/C14H14N2O5/c1-15(9-10-7-8-13(21-10)16(18)19)12-6-4-3-5-11(12)14(17)20-2/h3-8H,9H2,1-2H3. The maximum atomic E-state index is 11.7. The Hall–Kier alpha value is -2.83. The molecule has 0 radical (unpaired) electrons. The number of para-hydroxylation sites is 1. The molecule has 0 bridgehead atoms. The molecule has 0 aliphatic heterocycles. The van der Waals surface area contributed by atoms with Crippen LogP contribution in [0.3, 0.4) is 0 Å². The number of nitro groups is 1. The molecule has 7 nitrogen and oxygen atoms in total. The van der Waals surface area contributed by atoms with Crippen LogP contribution in [-0.4, -0.2) is 25.1 Å². The van der Waals surface area contributed by atoms with E-state index in [0.29, 0.717) is 23.6 Å². The zero-order valence-electron chi connectivity index (χ0n) is 11.6. The first-order valence-electron chi connectivity index (χ1n) is 6.14. The molecule has 0 saturated carbocycles. The van der Waals surface area contributed by atoms with E-state index < -0.39 is 10.9 Å². The van der Waals surface area contributed by atoms with Crippen LogP contribution in [0.2, 0.25) is 0 Å². The van der Waals surface area contributed by atoms with E-state index in [0.717, 1.165) is 0 Å². The molecule has 0 saturated heterocycles. The molecule has 0 atom stereocenters. The number of nitrogens with zero attached hydrogens (tertiary/aromatic N) is 2. The molecule has 21 heavy (non-hydrogen) atoms. The first-order chi connectivity index (χ1) is 10.0. The van der Waals surface area contributed by atoms with Crippen molar-refractivity contribution in [3.05, 3.63) is 57.8 Å². The van der Waals surface area contributed by atoms with Crippen molar-refractivity contribution in [3.63, 3.8) is 0 Å². The molecule has 0 aliphatic carbocycles. The molecular weight excluding hydrogens is 276 g/mol. The van der Waals surface area contributed by atoms with E-state index in [9.17, 15) is 14.9 Å². The summed E-state index contributed by atoms with van der Waals surface area (Å²) in [4.78, 5) is 23.5. The highest BCUT2D eigenvalue weighted by molar-refractivity contribution is 5.95. The number of hydrogen-bond donors (Lipinski definition) is 0. The van der Waals surface area contributed by atoms with Crippen molar-refractivity contribution in [2.75, 3.05) is 19.1 Å². The number of hydrogen-bond acceptors (Lipinski definition) is 6. The van der Waals surface area contributed by atoms with Gasteiger partial charge < -0.3 is 14.1 Å². The van der Waals surface area contributed by atoms with Gasteiger partial charge in [-0.1, -0.05) is 12.1 Å². The number of anilines is 1. The van der Waals surface area contributed by atoms with Crippen LogP contribution in [0.5, 0.6) is 0 Å². The Morgan fingerprint density at radius 2 is 2.05 bits per heavy atom. The monoisotopic (exact) mass is 290 g/mol. The average Bonchev–Trinajstić information content (AvgIpc) is 2.95. The Bertz CT molecular complexity index is 665. The Morgan fingerprint density at radius 3 is 2.67 bits per heavy atom. The maximum absolute atomic E-state index is 11.7. The van der Waals surface area contributed by atoms with Gasteiger partial charge in [0.25, 0.3) is 0 Å². The highest BCUT2D eigenvalue weighted by Gasteiger charge is 2.17. The van der Waals surface area contributed by atoms with E-state index in [4.69, 9.17) is 9.15 Å². The molecular formula is C14H14N2O5. The fourth-order valence-corrected chi connectivity index (χ4v) is 1.96. The van der Waals surface area contributed by atoms with Gasteiger partial charge in [0.15, 0.2) is 0 Å². The first kappa shape index (κ1) is 14.6. The summed E-state index contributed by atoms with van der Waals surface area (Å²) in [6.45, 7) is 0.293. The van der Waals surface area contributed by atoms with Gasteiger partial charge in [0.2, 0.25) is 0 Å². The van der Waals surface area contributed by atoms with Crippen molar-refractivity contribution in [3.8, 4) is 0 Å². The van der Waals surface area contributed by atoms with Gasteiger partial charge in [0.1, 0.15) is 10.7 Å². The van der Waals surface area contributed by atoms with Gasteiger partial charge in [-0.25, -0.2) is 4.79 Å². The van der Waals surface area contributed by atoms with Crippen LogP contribution in [0.4, 0.5) is 11.6 Å². The smallest absolute Gasteiger partial charge is 0.433 e. The zero-order valence-corrected chi connectivity index (χ0v) is 11.6. The second-order valence-electron chi connectivity index (χ2n) is 4.36. The van der Waals surface area contributed by atoms with Gasteiger partial charge in [-0.3, -0.25) is 10.1 Å². The average molecular weight is 290 g/mol. The van der Waals surface area contributed by atoms with Crippen molar-refractivity contribution in [1.29, 1.82) is 0 Å². The van der Waals surface area contributed by atoms with Gasteiger partial charge in [-0.2, -0.15) is 0 Å². The van der Waals surface area contributed by atoms with Crippen LogP contribution in [0.25, 0.3) is 0 Å². The molecule has 1 aromatic carbocycles. The van der Waals surface area contributed by atoms with Crippen LogP contribution >= 0.6 is 0 Å². The zero-order chi connectivity index (χ0) is 15.4. The number of carbonyl (C=O) groups is 1. The minimum atomic E-state index is -0.591. The first-order valence-corrected chi connectivity index (χ1v) is 6.14. The summed E-state index contributed by atoms with van der Waals surface area (Å²) in [5.74, 6) is -0.314. The predicted octanol–water partition coefficient (Wildman–Crippen LogP) is 2.61. The summed E-state index contributed by atoms with van der Waals surface area (Å²) in [6, 6.07) is 9.79. The number of esters is 1. The third-order valence-corrected chi connectivity index (χ3v) is 2.94. The topological polar surface area (TPSA) is 85.8 Å². The highest BCUT2D eigenvalue weighted by Crippen LogP contribution is 2.23. The van der Waals surface area contributed by atoms with Crippen LogP contribution in [-0.2, 0) is 11.3 Å². The lowest BCUT2D eigenvalue weighted by Crippen LogP contribution is -2.19. The number of furan rings is 1. The van der Waals surface area contributed by atoms with Gasteiger partial charge in [0, 0.05) is 7.05 Å². The lowest BCUT2D eigenvalue weighted by Gasteiger charge is -2.20.